The molecule has 0 rings (SSSR count). The van der Waals surface area contributed by atoms with E-state index in [1.54, 1.807) is 6.08 Å². The largest absolute Gasteiger partial charge is 0.403 e. The monoisotopic (exact) mass is 127 g/mol. The lowest BCUT2D eigenvalue weighted by Gasteiger charge is -1.88. The van der Waals surface area contributed by atoms with Crippen LogP contribution in [0.5, 0.6) is 0 Å². The molecule has 0 heterocycles. The molecule has 0 aliphatic rings. The molecule has 9 heavy (non-hydrogen) atoms. The summed E-state index contributed by atoms with van der Waals surface area (Å²) >= 11 is 0. The van der Waals surface area contributed by atoms with Gasteiger partial charge >= 0.3 is 0 Å². The fourth-order valence-corrected chi connectivity index (χ4v) is 0.381. The van der Waals surface area contributed by atoms with E-state index in [1.165, 1.54) is 0 Å². The van der Waals surface area contributed by atoms with Crippen molar-refractivity contribution in [1.29, 1.82) is 0 Å². The van der Waals surface area contributed by atoms with Crippen molar-refractivity contribution >= 4 is 0 Å². The Balaban J connectivity index is 3.53. The van der Waals surface area contributed by atoms with Crippen LogP contribution in [0, 0.1) is 0 Å². The normalized spacial score (nSPS) is 11.0. The molecule has 0 aliphatic heterocycles. The first-order valence-corrected chi connectivity index (χ1v) is 2.76. The summed E-state index contributed by atoms with van der Waals surface area (Å²) in [5, 5.41) is 0. The van der Waals surface area contributed by atoms with Gasteiger partial charge in [0.1, 0.15) is 0 Å². The molecule has 0 saturated heterocycles. The maximum absolute atomic E-state index is 5.33. The quantitative estimate of drug-likeness (QED) is 0.488. The molecule has 0 spiro atoms. The van der Waals surface area contributed by atoms with Gasteiger partial charge in [0.25, 0.3) is 0 Å². The Bertz CT molecular complexity index is 111. The van der Waals surface area contributed by atoms with Gasteiger partial charge in [0, 0.05) is 5.70 Å². The predicted octanol–water partition coefficient (Wildman–Crippen LogP) is -0.00220. The molecule has 0 aromatic carbocycles. The lowest BCUT2D eigenvalue weighted by molar-refractivity contribution is 1.17. The summed E-state index contributed by atoms with van der Waals surface area (Å²) in [5.74, 6) is 0.340. The second-order valence-corrected chi connectivity index (χ2v) is 1.89. The minimum atomic E-state index is 0.340. The number of allylic oxidation sites excluding steroid dienone is 3. The van der Waals surface area contributed by atoms with Crippen LogP contribution in [-0.2, 0) is 0 Å². The first kappa shape index (κ1) is 7.88. The molecule has 52 valence electrons. The molecule has 6 N–H and O–H groups in total. The van der Waals surface area contributed by atoms with Gasteiger partial charge in [0.05, 0.1) is 5.82 Å². The van der Waals surface area contributed by atoms with E-state index in [-0.39, 0.29) is 0 Å². The highest BCUT2D eigenvalue weighted by Crippen LogP contribution is 1.88. The highest BCUT2D eigenvalue weighted by molar-refractivity contribution is 5.00. The summed E-state index contributed by atoms with van der Waals surface area (Å²) in [7, 11) is 0. The van der Waals surface area contributed by atoms with Crippen LogP contribution in [0.1, 0.15) is 13.3 Å². The van der Waals surface area contributed by atoms with Crippen molar-refractivity contribution in [3.05, 3.63) is 23.7 Å². The average molecular weight is 127 g/mol. The van der Waals surface area contributed by atoms with Crippen molar-refractivity contribution in [1.82, 2.24) is 0 Å². The van der Waals surface area contributed by atoms with Gasteiger partial charge in [-0.2, -0.15) is 0 Å². The van der Waals surface area contributed by atoms with Crippen molar-refractivity contribution in [3.63, 3.8) is 0 Å². The Morgan fingerprint density at radius 1 is 1.22 bits per heavy atom. The SMILES string of the molecule is CC(N)=CCC=C(N)N. The van der Waals surface area contributed by atoms with Crippen molar-refractivity contribution in [2.75, 3.05) is 0 Å². The van der Waals surface area contributed by atoms with Crippen LogP contribution in [0.2, 0.25) is 0 Å². The van der Waals surface area contributed by atoms with Gasteiger partial charge in [-0.25, -0.2) is 0 Å². The first-order valence-electron chi connectivity index (χ1n) is 2.76. The summed E-state index contributed by atoms with van der Waals surface area (Å²) in [6, 6.07) is 0. The molecule has 0 aromatic rings. The molecule has 0 aliphatic carbocycles. The zero-order valence-electron chi connectivity index (χ0n) is 5.59. The van der Waals surface area contributed by atoms with Crippen molar-refractivity contribution in [3.8, 4) is 0 Å². The third-order valence-electron chi connectivity index (χ3n) is 0.793. The summed E-state index contributed by atoms with van der Waals surface area (Å²) in [4.78, 5) is 0. The Labute approximate surface area is 55.2 Å². The Morgan fingerprint density at radius 3 is 2.11 bits per heavy atom. The van der Waals surface area contributed by atoms with Gasteiger partial charge in [0.2, 0.25) is 0 Å². The van der Waals surface area contributed by atoms with E-state index >= 15 is 0 Å². The van der Waals surface area contributed by atoms with Gasteiger partial charge in [-0.3, -0.25) is 0 Å². The first-order chi connectivity index (χ1) is 4.13. The van der Waals surface area contributed by atoms with Gasteiger partial charge in [-0.05, 0) is 19.4 Å². The minimum Gasteiger partial charge on any atom is -0.403 e. The summed E-state index contributed by atoms with van der Waals surface area (Å²) < 4.78 is 0. The summed E-state index contributed by atoms with van der Waals surface area (Å²) in [6.45, 7) is 1.82. The van der Waals surface area contributed by atoms with E-state index in [0.29, 0.717) is 12.2 Å². The van der Waals surface area contributed by atoms with Crippen LogP contribution in [0.3, 0.4) is 0 Å². The van der Waals surface area contributed by atoms with Crippen molar-refractivity contribution in [2.45, 2.75) is 13.3 Å². The molecule has 3 heteroatoms. The maximum atomic E-state index is 5.33. The van der Waals surface area contributed by atoms with Crippen molar-refractivity contribution in [2.24, 2.45) is 17.2 Å². The molecule has 0 fully saturated rings. The lowest BCUT2D eigenvalue weighted by atomic mass is 10.3. The zero-order chi connectivity index (χ0) is 7.28. The van der Waals surface area contributed by atoms with E-state index in [1.807, 2.05) is 13.0 Å². The predicted molar refractivity (Wildman–Crippen MR) is 39.0 cm³/mol. The Kier molecular flexibility index (Phi) is 3.35. The molecule has 0 amide bonds. The standard InChI is InChI=1S/C6H13N3/c1-5(7)3-2-4-6(8)9/h3-4H,2,7-9H2,1H3. The Hall–Kier alpha value is -1.12. The third kappa shape index (κ3) is 6.88. The van der Waals surface area contributed by atoms with E-state index in [9.17, 15) is 0 Å². The van der Waals surface area contributed by atoms with Crippen LogP contribution in [0.4, 0.5) is 0 Å². The van der Waals surface area contributed by atoms with E-state index in [0.717, 1.165) is 5.70 Å². The number of rotatable bonds is 2. The third-order valence-corrected chi connectivity index (χ3v) is 0.793. The second-order valence-electron chi connectivity index (χ2n) is 1.89. The van der Waals surface area contributed by atoms with Crippen LogP contribution in [0.25, 0.3) is 0 Å². The fourth-order valence-electron chi connectivity index (χ4n) is 0.381. The molecular formula is C6H13N3. The van der Waals surface area contributed by atoms with E-state index in [4.69, 9.17) is 17.2 Å². The van der Waals surface area contributed by atoms with Crippen LogP contribution in [-0.4, -0.2) is 0 Å². The number of hydrogen-bond acceptors (Lipinski definition) is 3. The zero-order valence-corrected chi connectivity index (χ0v) is 5.59. The van der Waals surface area contributed by atoms with Gasteiger partial charge in [-0.1, -0.05) is 6.08 Å². The minimum absolute atomic E-state index is 0.340. The van der Waals surface area contributed by atoms with E-state index < -0.39 is 0 Å². The van der Waals surface area contributed by atoms with Gasteiger partial charge in [0.15, 0.2) is 0 Å². The van der Waals surface area contributed by atoms with Crippen LogP contribution >= 0.6 is 0 Å². The molecular weight excluding hydrogens is 114 g/mol. The lowest BCUT2D eigenvalue weighted by Crippen LogP contribution is -2.07. The molecule has 0 aromatic heterocycles. The molecule has 0 unspecified atom stereocenters. The number of nitrogens with two attached hydrogens (primary N) is 3. The highest BCUT2D eigenvalue weighted by atomic mass is 14.8. The van der Waals surface area contributed by atoms with Gasteiger partial charge in [-0.15, -0.1) is 0 Å². The molecule has 0 saturated carbocycles. The topological polar surface area (TPSA) is 78.1 Å². The Morgan fingerprint density at radius 2 is 1.78 bits per heavy atom. The van der Waals surface area contributed by atoms with E-state index in [2.05, 4.69) is 0 Å². The average Bonchev–Trinajstić information content (AvgIpc) is 1.63. The summed E-state index contributed by atoms with van der Waals surface area (Å²) in [6.07, 6.45) is 4.26. The second kappa shape index (κ2) is 3.83. The molecule has 3 nitrogen and oxygen atoms in total. The number of hydrogen-bond donors (Lipinski definition) is 3. The summed E-state index contributed by atoms with van der Waals surface area (Å²) in [5.41, 5.74) is 16.4. The highest BCUT2D eigenvalue weighted by Gasteiger charge is 1.76. The van der Waals surface area contributed by atoms with Crippen molar-refractivity contribution < 1.29 is 0 Å². The maximum Gasteiger partial charge on any atom is 0.0895 e. The fraction of sp³-hybridized carbons (Fsp3) is 0.333. The van der Waals surface area contributed by atoms with Crippen LogP contribution in [0.15, 0.2) is 23.7 Å². The molecule has 0 atom stereocenters. The smallest absolute Gasteiger partial charge is 0.0895 e. The van der Waals surface area contributed by atoms with Gasteiger partial charge < -0.3 is 17.2 Å². The van der Waals surface area contributed by atoms with Crippen LogP contribution < -0.4 is 17.2 Å². The molecule has 0 bridgehead atoms. The molecule has 0 radical (unpaired) electrons.